The van der Waals surface area contributed by atoms with Crippen LogP contribution in [0.15, 0.2) is 35.7 Å². The average Bonchev–Trinajstić information content (AvgIpc) is 2.97. The van der Waals surface area contributed by atoms with Gasteiger partial charge in [0, 0.05) is 12.7 Å². The van der Waals surface area contributed by atoms with Crippen LogP contribution in [-0.4, -0.2) is 25.1 Å². The van der Waals surface area contributed by atoms with Gasteiger partial charge in [0.15, 0.2) is 5.03 Å². The van der Waals surface area contributed by atoms with Gasteiger partial charge in [-0.3, -0.25) is 4.72 Å². The molecular formula is C13H14N4O3S. The van der Waals surface area contributed by atoms with Crippen molar-refractivity contribution in [3.63, 3.8) is 0 Å². The van der Waals surface area contributed by atoms with Gasteiger partial charge in [-0.15, -0.1) is 0 Å². The maximum Gasteiger partial charge on any atom is 0.281 e. The van der Waals surface area contributed by atoms with Crippen LogP contribution in [-0.2, 0) is 16.6 Å². The molecule has 0 amide bonds. The highest BCUT2D eigenvalue weighted by Gasteiger charge is 2.21. The van der Waals surface area contributed by atoms with Crippen LogP contribution in [0.1, 0.15) is 12.5 Å². The van der Waals surface area contributed by atoms with Crippen molar-refractivity contribution in [1.82, 2.24) is 9.55 Å². The fourth-order valence-corrected chi connectivity index (χ4v) is 2.78. The standard InChI is InChI=1S/C13H14N4O3S/c1-3-17-8-12(15-9-17)21(18,19)16-13-10(7-14)5-4-6-11(13)20-2/h4-6,8-9,16H,3H2,1-2H3. The first kappa shape index (κ1) is 14.9. The molecule has 2 aromatic rings. The van der Waals surface area contributed by atoms with E-state index < -0.39 is 10.0 Å². The van der Waals surface area contributed by atoms with E-state index in [1.54, 1.807) is 16.7 Å². The van der Waals surface area contributed by atoms with Gasteiger partial charge in [-0.2, -0.15) is 13.7 Å². The maximum atomic E-state index is 12.3. The summed E-state index contributed by atoms with van der Waals surface area (Å²) in [4.78, 5) is 3.85. The molecule has 110 valence electrons. The summed E-state index contributed by atoms with van der Waals surface area (Å²) in [6, 6.07) is 6.62. The second kappa shape index (κ2) is 5.85. The number of benzene rings is 1. The van der Waals surface area contributed by atoms with Gasteiger partial charge in [-0.1, -0.05) is 6.07 Å². The SMILES string of the molecule is CCn1cnc(S(=O)(=O)Nc2c(C#N)cccc2OC)c1. The van der Waals surface area contributed by atoms with Crippen LogP contribution in [0.4, 0.5) is 5.69 Å². The van der Waals surface area contributed by atoms with Gasteiger partial charge >= 0.3 is 0 Å². The molecule has 1 aromatic heterocycles. The fraction of sp³-hybridized carbons (Fsp3) is 0.231. The number of methoxy groups -OCH3 is 1. The van der Waals surface area contributed by atoms with E-state index in [9.17, 15) is 8.42 Å². The van der Waals surface area contributed by atoms with Crippen molar-refractivity contribution in [2.75, 3.05) is 11.8 Å². The third-order valence-electron chi connectivity index (χ3n) is 2.85. The van der Waals surface area contributed by atoms with Crippen LogP contribution in [0.25, 0.3) is 0 Å². The van der Waals surface area contributed by atoms with Crippen molar-refractivity contribution in [3.05, 3.63) is 36.3 Å². The van der Waals surface area contributed by atoms with Crippen molar-refractivity contribution in [2.24, 2.45) is 0 Å². The molecule has 0 aliphatic rings. The van der Waals surface area contributed by atoms with Gasteiger partial charge in [0.2, 0.25) is 0 Å². The molecule has 1 aromatic carbocycles. The first-order chi connectivity index (χ1) is 10.0. The first-order valence-corrected chi connectivity index (χ1v) is 7.61. The number of nitrogens with zero attached hydrogens (tertiary/aromatic N) is 3. The number of aromatic nitrogens is 2. The largest absolute Gasteiger partial charge is 0.495 e. The summed E-state index contributed by atoms with van der Waals surface area (Å²) < 4.78 is 33.7. The summed E-state index contributed by atoms with van der Waals surface area (Å²) >= 11 is 0. The number of aryl methyl sites for hydroxylation is 1. The molecule has 0 saturated heterocycles. The Morgan fingerprint density at radius 2 is 2.24 bits per heavy atom. The number of anilines is 1. The Hall–Kier alpha value is -2.53. The summed E-state index contributed by atoms with van der Waals surface area (Å²) in [7, 11) is -2.48. The Morgan fingerprint density at radius 1 is 1.48 bits per heavy atom. The van der Waals surface area contributed by atoms with E-state index in [0.29, 0.717) is 6.54 Å². The number of hydrogen-bond acceptors (Lipinski definition) is 5. The van der Waals surface area contributed by atoms with E-state index in [4.69, 9.17) is 10.00 Å². The summed E-state index contributed by atoms with van der Waals surface area (Å²) in [5.74, 6) is 0.271. The highest BCUT2D eigenvalue weighted by atomic mass is 32.2. The summed E-state index contributed by atoms with van der Waals surface area (Å²) in [5.41, 5.74) is 0.279. The molecule has 7 nitrogen and oxygen atoms in total. The van der Waals surface area contributed by atoms with Gasteiger partial charge in [-0.25, -0.2) is 4.98 Å². The Bertz CT molecular complexity index is 790. The molecule has 2 rings (SSSR count). The fourth-order valence-electron chi connectivity index (χ4n) is 1.74. The molecule has 0 fully saturated rings. The second-order valence-corrected chi connectivity index (χ2v) is 5.77. The Labute approximate surface area is 122 Å². The van der Waals surface area contributed by atoms with Gasteiger partial charge < -0.3 is 9.30 Å². The third kappa shape index (κ3) is 2.98. The van der Waals surface area contributed by atoms with Crippen LogP contribution in [0.2, 0.25) is 0 Å². The van der Waals surface area contributed by atoms with Crippen LogP contribution in [0.5, 0.6) is 5.75 Å². The Morgan fingerprint density at radius 3 is 2.81 bits per heavy atom. The lowest BCUT2D eigenvalue weighted by Crippen LogP contribution is -2.15. The molecule has 1 heterocycles. The molecule has 0 unspecified atom stereocenters. The summed E-state index contributed by atoms with van der Waals surface area (Å²) in [6.45, 7) is 2.49. The lowest BCUT2D eigenvalue weighted by molar-refractivity contribution is 0.416. The molecule has 1 N–H and O–H groups in total. The van der Waals surface area contributed by atoms with Crippen LogP contribution in [0, 0.1) is 11.3 Å². The van der Waals surface area contributed by atoms with Gasteiger partial charge in [0.05, 0.1) is 19.0 Å². The van der Waals surface area contributed by atoms with E-state index in [1.807, 2.05) is 13.0 Å². The average molecular weight is 306 g/mol. The molecule has 21 heavy (non-hydrogen) atoms. The van der Waals surface area contributed by atoms with E-state index in [1.165, 1.54) is 25.7 Å². The van der Waals surface area contributed by atoms with Crippen molar-refractivity contribution in [3.8, 4) is 11.8 Å². The molecule has 8 heteroatoms. The lowest BCUT2D eigenvalue weighted by Gasteiger charge is -2.11. The maximum absolute atomic E-state index is 12.3. The number of hydrogen-bond donors (Lipinski definition) is 1. The van der Waals surface area contributed by atoms with E-state index in [0.717, 1.165) is 0 Å². The molecule has 0 aliphatic heterocycles. The van der Waals surface area contributed by atoms with E-state index in [-0.39, 0.29) is 22.0 Å². The summed E-state index contributed by atoms with van der Waals surface area (Å²) in [6.07, 6.45) is 2.85. The normalized spacial score (nSPS) is 10.9. The minimum Gasteiger partial charge on any atom is -0.495 e. The number of rotatable bonds is 5. The number of para-hydroxylation sites is 1. The minimum absolute atomic E-state index is 0.105. The van der Waals surface area contributed by atoms with Gasteiger partial charge in [0.1, 0.15) is 17.5 Å². The topological polar surface area (TPSA) is 97.0 Å². The van der Waals surface area contributed by atoms with Crippen LogP contribution >= 0.6 is 0 Å². The number of ether oxygens (including phenoxy) is 1. The minimum atomic E-state index is -3.88. The third-order valence-corrected chi connectivity index (χ3v) is 4.09. The highest BCUT2D eigenvalue weighted by molar-refractivity contribution is 7.92. The summed E-state index contributed by atoms with van der Waals surface area (Å²) in [5, 5.41) is 8.98. The van der Waals surface area contributed by atoms with Crippen molar-refractivity contribution in [1.29, 1.82) is 5.26 Å². The van der Waals surface area contributed by atoms with E-state index in [2.05, 4.69) is 9.71 Å². The van der Waals surface area contributed by atoms with Crippen molar-refractivity contribution >= 4 is 15.7 Å². The first-order valence-electron chi connectivity index (χ1n) is 6.13. The zero-order valence-corrected chi connectivity index (χ0v) is 12.4. The molecule has 0 radical (unpaired) electrons. The molecular weight excluding hydrogens is 292 g/mol. The molecule has 0 bridgehead atoms. The quantitative estimate of drug-likeness (QED) is 0.904. The molecule has 0 spiro atoms. The van der Waals surface area contributed by atoms with Crippen LogP contribution < -0.4 is 9.46 Å². The number of imidazole rings is 1. The second-order valence-electron chi connectivity index (χ2n) is 4.14. The van der Waals surface area contributed by atoms with Crippen molar-refractivity contribution < 1.29 is 13.2 Å². The van der Waals surface area contributed by atoms with Gasteiger partial charge in [0.25, 0.3) is 10.0 Å². The Kier molecular flexibility index (Phi) is 4.14. The smallest absolute Gasteiger partial charge is 0.281 e. The molecule has 0 atom stereocenters. The zero-order chi connectivity index (χ0) is 15.5. The van der Waals surface area contributed by atoms with Gasteiger partial charge in [-0.05, 0) is 19.1 Å². The Balaban J connectivity index is 2.44. The lowest BCUT2D eigenvalue weighted by atomic mass is 10.2. The van der Waals surface area contributed by atoms with E-state index >= 15 is 0 Å². The zero-order valence-electron chi connectivity index (χ0n) is 11.6. The highest BCUT2D eigenvalue weighted by Crippen LogP contribution is 2.29. The number of sulfonamides is 1. The molecule has 0 aliphatic carbocycles. The molecule has 0 saturated carbocycles. The monoisotopic (exact) mass is 306 g/mol. The van der Waals surface area contributed by atoms with Crippen LogP contribution in [0.3, 0.4) is 0 Å². The predicted molar refractivity (Wildman–Crippen MR) is 76.4 cm³/mol. The van der Waals surface area contributed by atoms with Crippen molar-refractivity contribution in [2.45, 2.75) is 18.5 Å². The number of nitriles is 1. The predicted octanol–water partition coefficient (Wildman–Crippen LogP) is 1.58. The number of nitrogens with one attached hydrogen (secondary N) is 1.